The van der Waals surface area contributed by atoms with Crippen molar-refractivity contribution >= 4 is 16.1 Å². The van der Waals surface area contributed by atoms with E-state index in [-0.39, 0.29) is 16.2 Å². The first-order chi connectivity index (χ1) is 6.49. The van der Waals surface area contributed by atoms with Crippen LogP contribution in [0, 0.1) is 0 Å². The molecule has 0 amide bonds. The van der Waals surface area contributed by atoms with Crippen molar-refractivity contribution in [3.05, 3.63) is 23.8 Å². The highest BCUT2D eigenvalue weighted by Gasteiger charge is 2.11. The summed E-state index contributed by atoms with van der Waals surface area (Å²) in [6.45, 7) is 0. The summed E-state index contributed by atoms with van der Waals surface area (Å²) in [6.07, 6.45) is 2.74. The second kappa shape index (κ2) is 3.79. The highest BCUT2D eigenvalue weighted by molar-refractivity contribution is 7.90. The number of benzene rings is 1. The van der Waals surface area contributed by atoms with E-state index in [1.807, 2.05) is 0 Å². The van der Waals surface area contributed by atoms with Gasteiger partial charge in [0.1, 0.15) is 5.75 Å². The molecule has 0 aliphatic rings. The summed E-state index contributed by atoms with van der Waals surface area (Å²) in [6, 6.07) is 4.01. The van der Waals surface area contributed by atoms with Gasteiger partial charge < -0.3 is 4.74 Å². The quantitative estimate of drug-likeness (QED) is 0.736. The molecule has 0 bridgehead atoms. The van der Waals surface area contributed by atoms with Gasteiger partial charge in [0.15, 0.2) is 9.84 Å². The zero-order valence-corrected chi connectivity index (χ0v) is 8.59. The lowest BCUT2D eigenvalue weighted by atomic mass is 10.2. The van der Waals surface area contributed by atoms with E-state index >= 15 is 0 Å². The molecule has 0 fully saturated rings. The predicted octanol–water partition coefficient (Wildman–Crippen LogP) is 0.556. The molecule has 0 aliphatic carbocycles. The van der Waals surface area contributed by atoms with Crippen molar-refractivity contribution in [2.24, 2.45) is 0 Å². The Balaban J connectivity index is 3.35. The maximum Gasteiger partial charge on any atom is 0.237 e. The van der Waals surface area contributed by atoms with Crippen LogP contribution in [0.4, 0.5) is 0 Å². The summed E-state index contributed by atoms with van der Waals surface area (Å²) in [5, 5.41) is 0. The van der Waals surface area contributed by atoms with E-state index in [4.69, 9.17) is 4.74 Å². The number of hydrogen-bond donors (Lipinski definition) is 0. The molecule has 0 saturated carbocycles. The summed E-state index contributed by atoms with van der Waals surface area (Å²) < 4.78 is 27.1. The third kappa shape index (κ3) is 2.11. The summed E-state index contributed by atoms with van der Waals surface area (Å²) in [5.41, 5.74) is 0.208. The first kappa shape index (κ1) is 10.7. The van der Waals surface area contributed by atoms with Gasteiger partial charge in [0, 0.05) is 6.26 Å². The maximum absolute atomic E-state index is 11.1. The Hall–Kier alpha value is -1.36. The molecule has 1 radical (unpaired) electrons. The summed E-state index contributed by atoms with van der Waals surface area (Å²) in [4.78, 5) is 10.5. The van der Waals surface area contributed by atoms with Crippen molar-refractivity contribution in [3.63, 3.8) is 0 Å². The van der Waals surface area contributed by atoms with Gasteiger partial charge in [-0.15, -0.1) is 0 Å². The third-order valence-electron chi connectivity index (χ3n) is 1.71. The van der Waals surface area contributed by atoms with Crippen molar-refractivity contribution in [2.75, 3.05) is 13.4 Å². The fourth-order valence-electron chi connectivity index (χ4n) is 0.987. The van der Waals surface area contributed by atoms with E-state index in [2.05, 4.69) is 0 Å². The molecule has 0 N–H and O–H groups in total. The molecule has 0 aromatic heterocycles. The molecule has 75 valence electrons. The summed E-state index contributed by atoms with van der Waals surface area (Å²) >= 11 is 0. The molecule has 0 spiro atoms. The van der Waals surface area contributed by atoms with Crippen LogP contribution >= 0.6 is 0 Å². The van der Waals surface area contributed by atoms with Crippen LogP contribution in [0.15, 0.2) is 23.1 Å². The van der Waals surface area contributed by atoms with Gasteiger partial charge in [-0.3, -0.25) is 4.79 Å². The number of carbonyl (C=O) groups excluding carboxylic acids is 1. The number of hydrogen-bond acceptors (Lipinski definition) is 4. The Labute approximate surface area is 82.4 Å². The molecule has 0 unspecified atom stereocenters. The molecule has 0 atom stereocenters. The Morgan fingerprint density at radius 3 is 2.43 bits per heavy atom. The number of methoxy groups -OCH3 is 1. The van der Waals surface area contributed by atoms with Crippen LogP contribution in [0.2, 0.25) is 0 Å². The Bertz CT molecular complexity index is 448. The monoisotopic (exact) mass is 213 g/mol. The molecule has 0 heterocycles. The van der Waals surface area contributed by atoms with Gasteiger partial charge in [0.2, 0.25) is 6.29 Å². The molecule has 14 heavy (non-hydrogen) atoms. The second-order valence-electron chi connectivity index (χ2n) is 2.74. The van der Waals surface area contributed by atoms with Crippen LogP contribution in [0.1, 0.15) is 5.56 Å². The number of rotatable bonds is 3. The van der Waals surface area contributed by atoms with E-state index in [0.29, 0.717) is 0 Å². The Morgan fingerprint density at radius 2 is 2.00 bits per heavy atom. The van der Waals surface area contributed by atoms with Crippen molar-refractivity contribution in [1.82, 2.24) is 0 Å². The van der Waals surface area contributed by atoms with Crippen LogP contribution in [0.25, 0.3) is 0 Å². The molecular formula is C9H9O4S. The minimum absolute atomic E-state index is 0.119. The van der Waals surface area contributed by atoms with Crippen LogP contribution < -0.4 is 4.74 Å². The molecule has 1 aromatic carbocycles. The lowest BCUT2D eigenvalue weighted by Crippen LogP contribution is -1.99. The molecule has 4 nitrogen and oxygen atoms in total. The van der Waals surface area contributed by atoms with Crippen LogP contribution in [-0.4, -0.2) is 28.1 Å². The minimum Gasteiger partial charge on any atom is -0.496 e. The molecular weight excluding hydrogens is 204 g/mol. The zero-order valence-electron chi connectivity index (χ0n) is 7.77. The van der Waals surface area contributed by atoms with Crippen LogP contribution in [0.5, 0.6) is 5.75 Å². The van der Waals surface area contributed by atoms with E-state index in [1.165, 1.54) is 25.3 Å². The molecule has 0 aliphatic heterocycles. The van der Waals surface area contributed by atoms with E-state index in [0.717, 1.165) is 6.26 Å². The van der Waals surface area contributed by atoms with Crippen molar-refractivity contribution in [1.29, 1.82) is 0 Å². The lowest BCUT2D eigenvalue weighted by molar-refractivity contribution is 0.411. The van der Waals surface area contributed by atoms with Gasteiger partial charge in [-0.05, 0) is 18.2 Å². The third-order valence-corrected chi connectivity index (χ3v) is 2.82. The van der Waals surface area contributed by atoms with Gasteiger partial charge in [0.05, 0.1) is 17.6 Å². The van der Waals surface area contributed by atoms with Crippen molar-refractivity contribution in [3.8, 4) is 5.75 Å². The van der Waals surface area contributed by atoms with E-state index < -0.39 is 9.84 Å². The Kier molecular flexibility index (Phi) is 2.90. The summed E-state index contributed by atoms with van der Waals surface area (Å²) in [5.74, 6) is 0.211. The fraction of sp³-hybridized carbons (Fsp3) is 0.222. The molecule has 5 heteroatoms. The second-order valence-corrected chi connectivity index (χ2v) is 4.75. The van der Waals surface area contributed by atoms with Gasteiger partial charge in [-0.25, -0.2) is 8.42 Å². The molecule has 1 rings (SSSR count). The SMILES string of the molecule is COc1cc(S(C)(=O)=O)ccc1[C]=O. The lowest BCUT2D eigenvalue weighted by Gasteiger charge is -2.04. The number of ether oxygens (including phenoxy) is 1. The number of sulfone groups is 1. The van der Waals surface area contributed by atoms with Gasteiger partial charge in [-0.1, -0.05) is 0 Å². The Morgan fingerprint density at radius 1 is 1.36 bits per heavy atom. The highest BCUT2D eigenvalue weighted by Crippen LogP contribution is 2.21. The molecule has 0 saturated heterocycles. The minimum atomic E-state index is -3.27. The first-order valence-corrected chi connectivity index (χ1v) is 5.64. The van der Waals surface area contributed by atoms with Crippen molar-refractivity contribution in [2.45, 2.75) is 4.90 Å². The average molecular weight is 213 g/mol. The predicted molar refractivity (Wildman–Crippen MR) is 50.9 cm³/mol. The zero-order chi connectivity index (χ0) is 10.8. The standard InChI is InChI=1S/C9H9O4S/c1-13-9-5-8(14(2,11)12)4-3-7(9)6-10/h3-5H,1-2H3. The maximum atomic E-state index is 11.1. The topological polar surface area (TPSA) is 60.4 Å². The van der Waals surface area contributed by atoms with Crippen molar-refractivity contribution < 1.29 is 17.9 Å². The largest absolute Gasteiger partial charge is 0.496 e. The molecule has 1 aromatic rings. The van der Waals surface area contributed by atoms with Crippen LogP contribution in [0.3, 0.4) is 0 Å². The summed E-state index contributed by atoms with van der Waals surface area (Å²) in [7, 11) is -1.91. The highest BCUT2D eigenvalue weighted by atomic mass is 32.2. The smallest absolute Gasteiger partial charge is 0.237 e. The van der Waals surface area contributed by atoms with E-state index in [1.54, 1.807) is 6.29 Å². The average Bonchev–Trinajstić information content (AvgIpc) is 2.15. The van der Waals surface area contributed by atoms with Crippen LogP contribution in [-0.2, 0) is 14.6 Å². The van der Waals surface area contributed by atoms with Gasteiger partial charge in [-0.2, -0.15) is 0 Å². The van der Waals surface area contributed by atoms with Gasteiger partial charge >= 0.3 is 0 Å². The van der Waals surface area contributed by atoms with E-state index in [9.17, 15) is 13.2 Å². The first-order valence-electron chi connectivity index (χ1n) is 3.75. The fourth-order valence-corrected chi connectivity index (χ4v) is 1.62. The normalized spacial score (nSPS) is 11.0. The van der Waals surface area contributed by atoms with Gasteiger partial charge in [0.25, 0.3) is 0 Å².